The third-order valence-electron chi connectivity index (χ3n) is 5.39. The van der Waals surface area contributed by atoms with Crippen LogP contribution in [0.4, 0.5) is 5.13 Å². The predicted octanol–water partition coefficient (Wildman–Crippen LogP) is 3.31. The predicted molar refractivity (Wildman–Crippen MR) is 106 cm³/mol. The molecular weight excluding hydrogens is 358 g/mol. The SMILES string of the molecule is O=C(Nc1nc(-c2ccc3c(c2)CCCC3)cs1)c1n[nH]c2c1CNCC2. The van der Waals surface area contributed by atoms with E-state index in [0.717, 1.165) is 41.9 Å². The van der Waals surface area contributed by atoms with Crippen LogP contribution in [0.5, 0.6) is 0 Å². The van der Waals surface area contributed by atoms with Crippen molar-refractivity contribution in [3.05, 3.63) is 51.7 Å². The second kappa shape index (κ2) is 6.90. The van der Waals surface area contributed by atoms with Crippen LogP contribution in [0.25, 0.3) is 11.3 Å². The number of carbonyl (C=O) groups is 1. The van der Waals surface area contributed by atoms with Gasteiger partial charge in [-0.25, -0.2) is 4.98 Å². The topological polar surface area (TPSA) is 82.7 Å². The maximum atomic E-state index is 12.6. The molecule has 1 aliphatic heterocycles. The van der Waals surface area contributed by atoms with Crippen LogP contribution in [0.1, 0.15) is 45.7 Å². The van der Waals surface area contributed by atoms with Crippen molar-refractivity contribution in [1.82, 2.24) is 20.5 Å². The first-order chi connectivity index (χ1) is 13.3. The number of fused-ring (bicyclic) bond motifs is 2. The number of benzene rings is 1. The lowest BCUT2D eigenvalue weighted by Crippen LogP contribution is -2.25. The fourth-order valence-electron chi connectivity index (χ4n) is 3.93. The van der Waals surface area contributed by atoms with E-state index in [1.807, 2.05) is 5.38 Å². The Hall–Kier alpha value is -2.51. The zero-order chi connectivity index (χ0) is 18.2. The minimum atomic E-state index is -0.206. The van der Waals surface area contributed by atoms with E-state index in [2.05, 4.69) is 44.0 Å². The largest absolute Gasteiger partial charge is 0.312 e. The van der Waals surface area contributed by atoms with Gasteiger partial charge in [-0.3, -0.25) is 15.2 Å². The van der Waals surface area contributed by atoms with E-state index in [1.165, 1.54) is 41.7 Å². The minimum Gasteiger partial charge on any atom is -0.312 e. The first kappa shape index (κ1) is 16.6. The van der Waals surface area contributed by atoms with E-state index in [4.69, 9.17) is 0 Å². The van der Waals surface area contributed by atoms with Crippen molar-refractivity contribution in [2.45, 2.75) is 38.6 Å². The van der Waals surface area contributed by atoms with Crippen LogP contribution in [0.2, 0.25) is 0 Å². The van der Waals surface area contributed by atoms with Gasteiger partial charge in [0, 0.05) is 41.7 Å². The molecule has 2 aliphatic rings. The van der Waals surface area contributed by atoms with Gasteiger partial charge in [-0.1, -0.05) is 12.1 Å². The third-order valence-corrected chi connectivity index (χ3v) is 6.15. The van der Waals surface area contributed by atoms with Gasteiger partial charge >= 0.3 is 0 Å². The Morgan fingerprint density at radius 1 is 1.15 bits per heavy atom. The molecule has 7 heteroatoms. The molecule has 0 spiro atoms. The molecule has 0 atom stereocenters. The van der Waals surface area contributed by atoms with Gasteiger partial charge < -0.3 is 5.32 Å². The van der Waals surface area contributed by atoms with Crippen molar-refractivity contribution >= 4 is 22.4 Å². The Morgan fingerprint density at radius 2 is 2.04 bits per heavy atom. The number of anilines is 1. The lowest BCUT2D eigenvalue weighted by Gasteiger charge is -2.16. The molecule has 138 valence electrons. The molecule has 3 heterocycles. The summed E-state index contributed by atoms with van der Waals surface area (Å²) in [6.07, 6.45) is 5.74. The van der Waals surface area contributed by atoms with E-state index >= 15 is 0 Å². The lowest BCUT2D eigenvalue weighted by molar-refractivity contribution is 0.102. The number of hydrogen-bond acceptors (Lipinski definition) is 5. The van der Waals surface area contributed by atoms with Crippen LogP contribution in [-0.2, 0) is 25.8 Å². The van der Waals surface area contributed by atoms with Crippen LogP contribution < -0.4 is 10.6 Å². The molecule has 0 unspecified atom stereocenters. The Kier molecular flexibility index (Phi) is 4.26. The quantitative estimate of drug-likeness (QED) is 0.652. The summed E-state index contributed by atoms with van der Waals surface area (Å²) in [5.74, 6) is -0.206. The summed E-state index contributed by atoms with van der Waals surface area (Å²) in [4.78, 5) is 17.3. The molecule has 27 heavy (non-hydrogen) atoms. The Morgan fingerprint density at radius 3 is 2.96 bits per heavy atom. The average molecular weight is 379 g/mol. The monoisotopic (exact) mass is 379 g/mol. The van der Waals surface area contributed by atoms with Crippen LogP contribution in [-0.4, -0.2) is 27.6 Å². The van der Waals surface area contributed by atoms with E-state index in [0.29, 0.717) is 17.4 Å². The van der Waals surface area contributed by atoms with Gasteiger partial charge in [0.1, 0.15) is 0 Å². The van der Waals surface area contributed by atoms with Gasteiger partial charge in [-0.05, 0) is 42.9 Å². The molecule has 0 fully saturated rings. The summed E-state index contributed by atoms with van der Waals surface area (Å²) in [5.41, 5.74) is 7.41. The summed E-state index contributed by atoms with van der Waals surface area (Å²) in [5, 5.41) is 16.0. The fourth-order valence-corrected chi connectivity index (χ4v) is 4.64. The molecule has 0 bridgehead atoms. The maximum Gasteiger partial charge on any atom is 0.278 e. The van der Waals surface area contributed by atoms with Gasteiger partial charge in [0.15, 0.2) is 10.8 Å². The van der Waals surface area contributed by atoms with Crippen LogP contribution in [0.3, 0.4) is 0 Å². The van der Waals surface area contributed by atoms with Crippen molar-refractivity contribution in [1.29, 1.82) is 0 Å². The molecule has 0 radical (unpaired) electrons. The van der Waals surface area contributed by atoms with Crippen LogP contribution >= 0.6 is 11.3 Å². The number of thiazole rings is 1. The number of amides is 1. The number of carbonyl (C=O) groups excluding carboxylic acids is 1. The van der Waals surface area contributed by atoms with Gasteiger partial charge in [0.2, 0.25) is 0 Å². The number of hydrogen-bond donors (Lipinski definition) is 3. The number of nitrogens with one attached hydrogen (secondary N) is 3. The third kappa shape index (κ3) is 3.17. The first-order valence-electron chi connectivity index (χ1n) is 9.44. The van der Waals surface area contributed by atoms with E-state index in [9.17, 15) is 4.79 Å². The van der Waals surface area contributed by atoms with Gasteiger partial charge in [0.25, 0.3) is 5.91 Å². The highest BCUT2D eigenvalue weighted by Crippen LogP contribution is 2.30. The molecule has 5 rings (SSSR count). The number of H-pyrrole nitrogens is 1. The Labute approximate surface area is 161 Å². The summed E-state index contributed by atoms with van der Waals surface area (Å²) in [6.45, 7) is 1.58. The normalized spacial score (nSPS) is 15.9. The van der Waals surface area contributed by atoms with Crippen molar-refractivity contribution < 1.29 is 4.79 Å². The smallest absolute Gasteiger partial charge is 0.278 e. The summed E-state index contributed by atoms with van der Waals surface area (Å²) >= 11 is 1.45. The molecule has 3 N–H and O–H groups in total. The number of aromatic nitrogens is 3. The molecule has 0 saturated heterocycles. The van der Waals surface area contributed by atoms with Crippen molar-refractivity contribution in [3.63, 3.8) is 0 Å². The zero-order valence-electron chi connectivity index (χ0n) is 15.0. The second-order valence-electron chi connectivity index (χ2n) is 7.14. The average Bonchev–Trinajstić information content (AvgIpc) is 3.34. The van der Waals surface area contributed by atoms with E-state index < -0.39 is 0 Å². The van der Waals surface area contributed by atoms with Crippen molar-refractivity contribution in [3.8, 4) is 11.3 Å². The molecule has 1 aliphatic carbocycles. The molecule has 1 amide bonds. The molecule has 6 nitrogen and oxygen atoms in total. The second-order valence-corrected chi connectivity index (χ2v) is 8.00. The van der Waals surface area contributed by atoms with E-state index in [1.54, 1.807) is 0 Å². The highest BCUT2D eigenvalue weighted by molar-refractivity contribution is 7.14. The van der Waals surface area contributed by atoms with E-state index in [-0.39, 0.29) is 5.91 Å². The standard InChI is InChI=1S/C20H21N5OS/c26-19(18-15-10-21-8-7-16(15)24-25-18)23-20-22-17(11-27-20)14-6-5-12-3-1-2-4-13(12)9-14/h5-6,9,11,21H,1-4,7-8,10H2,(H,24,25)(H,22,23,26). The number of aromatic amines is 1. The highest BCUT2D eigenvalue weighted by Gasteiger charge is 2.22. The van der Waals surface area contributed by atoms with Gasteiger partial charge in [-0.15, -0.1) is 11.3 Å². The first-order valence-corrected chi connectivity index (χ1v) is 10.3. The van der Waals surface area contributed by atoms with Crippen LogP contribution in [0.15, 0.2) is 23.6 Å². The van der Waals surface area contributed by atoms with Crippen LogP contribution in [0, 0.1) is 0 Å². The minimum absolute atomic E-state index is 0.206. The summed E-state index contributed by atoms with van der Waals surface area (Å²) in [6, 6.07) is 6.62. The number of rotatable bonds is 3. The molecule has 1 aromatic carbocycles. The fraction of sp³-hybridized carbons (Fsp3) is 0.350. The van der Waals surface area contributed by atoms with Crippen molar-refractivity contribution in [2.75, 3.05) is 11.9 Å². The van der Waals surface area contributed by atoms with Gasteiger partial charge in [-0.2, -0.15) is 5.10 Å². The summed E-state index contributed by atoms with van der Waals surface area (Å²) in [7, 11) is 0. The Balaban J connectivity index is 1.35. The number of aryl methyl sites for hydroxylation is 2. The molecule has 2 aromatic heterocycles. The lowest BCUT2D eigenvalue weighted by atomic mass is 9.90. The maximum absolute atomic E-state index is 12.6. The zero-order valence-corrected chi connectivity index (χ0v) is 15.8. The van der Waals surface area contributed by atoms with Crippen molar-refractivity contribution in [2.24, 2.45) is 0 Å². The molecular formula is C20H21N5OS. The van der Waals surface area contributed by atoms with Gasteiger partial charge in [0.05, 0.1) is 5.69 Å². The summed E-state index contributed by atoms with van der Waals surface area (Å²) < 4.78 is 0. The molecule has 3 aromatic rings. The molecule has 0 saturated carbocycles. The highest BCUT2D eigenvalue weighted by atomic mass is 32.1. The number of nitrogens with zero attached hydrogens (tertiary/aromatic N) is 2. The Bertz CT molecular complexity index is 1010.